The third-order valence-corrected chi connectivity index (χ3v) is 6.04. The summed E-state index contributed by atoms with van der Waals surface area (Å²) >= 11 is 3.49. The van der Waals surface area contributed by atoms with Crippen molar-refractivity contribution in [2.45, 2.75) is 25.4 Å². The van der Waals surface area contributed by atoms with Gasteiger partial charge in [-0.25, -0.2) is 0 Å². The van der Waals surface area contributed by atoms with E-state index in [9.17, 15) is 19.2 Å². The Labute approximate surface area is 146 Å². The monoisotopic (exact) mass is 372 g/mol. The summed E-state index contributed by atoms with van der Waals surface area (Å²) in [4.78, 5) is 47.7. The second kappa shape index (κ2) is 8.51. The van der Waals surface area contributed by atoms with E-state index < -0.39 is 18.0 Å². The number of rotatable bonds is 6. The van der Waals surface area contributed by atoms with Crippen molar-refractivity contribution in [3.8, 4) is 0 Å². The smallest absolute Gasteiger partial charge is 0.244 e. The van der Waals surface area contributed by atoms with Gasteiger partial charge in [0.05, 0.1) is 10.9 Å². The number of nitrogens with one attached hydrogen (secondary N) is 2. The van der Waals surface area contributed by atoms with Crippen LogP contribution in [0.15, 0.2) is 17.5 Å². The highest BCUT2D eigenvalue weighted by Gasteiger charge is 2.30. The quantitative estimate of drug-likeness (QED) is 0.781. The molecule has 1 aromatic rings. The fraction of sp³-hybridized carbons (Fsp3) is 0.429. The summed E-state index contributed by atoms with van der Waals surface area (Å²) < 4.78 is 0. The molecule has 2 N–H and O–H groups in total. The Kier molecular flexibility index (Phi) is 6.67. The van der Waals surface area contributed by atoms with E-state index in [4.69, 9.17) is 0 Å². The molecule has 2 amide bonds. The van der Waals surface area contributed by atoms with Crippen molar-refractivity contribution in [3.63, 3.8) is 0 Å². The molecule has 0 saturated carbocycles. The lowest BCUT2D eigenvalue weighted by Gasteiger charge is -2.19. The van der Waals surface area contributed by atoms with Crippen LogP contribution in [0.5, 0.6) is 0 Å². The van der Waals surface area contributed by atoms with Gasteiger partial charge in [-0.15, -0.1) is 11.3 Å². The van der Waals surface area contributed by atoms with Crippen LogP contribution in [-0.2, 0) is 14.4 Å². The van der Waals surface area contributed by atoms with Crippen LogP contribution in [0.1, 0.15) is 23.0 Å². The lowest BCUT2D eigenvalue weighted by atomic mass is 10.2. The highest BCUT2D eigenvalue weighted by atomic mass is 32.2. The van der Waals surface area contributed by atoms with Crippen LogP contribution in [0.2, 0.25) is 0 Å². The summed E-state index contributed by atoms with van der Waals surface area (Å²) in [6, 6.07) is 2.13. The van der Waals surface area contributed by atoms with Gasteiger partial charge in [0, 0.05) is 18.4 Å². The van der Waals surface area contributed by atoms with E-state index in [1.54, 1.807) is 17.5 Å². The van der Waals surface area contributed by atoms with Crippen LogP contribution in [-0.4, -0.2) is 45.6 Å². The lowest BCUT2D eigenvalue weighted by molar-refractivity contribution is -0.129. The SMILES string of the molecule is CC(=O)N[C@@H](CSC(=O)c1cccs1)C(=O)NC1CCSC1=O. The molecular formula is C14H16N2O4S3. The normalized spacial score (nSPS) is 18.5. The number of thiophene rings is 1. The average Bonchev–Trinajstić information content (AvgIpc) is 3.15. The number of thioether (sulfide) groups is 2. The molecule has 0 aliphatic carbocycles. The van der Waals surface area contributed by atoms with Gasteiger partial charge in [-0.2, -0.15) is 0 Å². The van der Waals surface area contributed by atoms with Gasteiger partial charge in [0.2, 0.25) is 22.0 Å². The van der Waals surface area contributed by atoms with Crippen LogP contribution in [0.25, 0.3) is 0 Å². The molecule has 0 bridgehead atoms. The standard InChI is InChI=1S/C14H16N2O4S3/c1-8(17)15-10(7-23-14(20)11-3-2-5-21-11)12(18)16-9-4-6-22-13(9)19/h2-3,5,9-10H,4,6-7H2,1H3,(H,15,17)(H,16,18)/t9?,10-/m0/s1. The minimum absolute atomic E-state index is 0.0674. The van der Waals surface area contributed by atoms with Crippen molar-refractivity contribution in [1.29, 1.82) is 0 Å². The third kappa shape index (κ3) is 5.36. The van der Waals surface area contributed by atoms with Crippen molar-refractivity contribution < 1.29 is 19.2 Å². The van der Waals surface area contributed by atoms with Crippen molar-refractivity contribution in [2.24, 2.45) is 0 Å². The van der Waals surface area contributed by atoms with E-state index in [0.29, 0.717) is 17.1 Å². The van der Waals surface area contributed by atoms with Crippen LogP contribution < -0.4 is 10.6 Å². The highest BCUT2D eigenvalue weighted by molar-refractivity contribution is 8.14. The molecule has 2 atom stereocenters. The Hall–Kier alpha value is -1.32. The number of carbonyl (C=O) groups excluding carboxylic acids is 4. The first-order valence-electron chi connectivity index (χ1n) is 6.92. The first-order valence-corrected chi connectivity index (χ1v) is 9.77. The second-order valence-corrected chi connectivity index (χ2v) is 7.89. The minimum atomic E-state index is -0.847. The molecule has 0 aromatic carbocycles. The van der Waals surface area contributed by atoms with E-state index in [1.807, 2.05) is 0 Å². The number of hydrogen-bond acceptors (Lipinski definition) is 7. The summed E-state index contributed by atoms with van der Waals surface area (Å²) in [5, 5.41) is 6.77. The number of amides is 2. The Morgan fingerprint density at radius 2 is 2.22 bits per heavy atom. The average molecular weight is 372 g/mol. The van der Waals surface area contributed by atoms with Gasteiger partial charge in [-0.05, 0) is 17.9 Å². The van der Waals surface area contributed by atoms with Gasteiger partial charge < -0.3 is 10.6 Å². The van der Waals surface area contributed by atoms with Crippen molar-refractivity contribution in [1.82, 2.24) is 10.6 Å². The Morgan fingerprint density at radius 3 is 2.78 bits per heavy atom. The summed E-state index contributed by atoms with van der Waals surface area (Å²) in [7, 11) is 0. The van der Waals surface area contributed by atoms with Gasteiger partial charge in [-0.1, -0.05) is 29.6 Å². The van der Waals surface area contributed by atoms with E-state index in [0.717, 1.165) is 11.8 Å². The molecule has 9 heteroatoms. The van der Waals surface area contributed by atoms with Crippen molar-refractivity contribution in [2.75, 3.05) is 11.5 Å². The van der Waals surface area contributed by atoms with Gasteiger partial charge in [-0.3, -0.25) is 19.2 Å². The minimum Gasteiger partial charge on any atom is -0.344 e. The molecule has 1 saturated heterocycles. The molecular weight excluding hydrogens is 356 g/mol. The van der Waals surface area contributed by atoms with Gasteiger partial charge in [0.1, 0.15) is 6.04 Å². The summed E-state index contributed by atoms with van der Waals surface area (Å²) in [5.41, 5.74) is 0. The van der Waals surface area contributed by atoms with Gasteiger partial charge in [0.25, 0.3) is 0 Å². The summed E-state index contributed by atoms with van der Waals surface area (Å²) in [5.74, 6) is 0.00474. The van der Waals surface area contributed by atoms with Crippen molar-refractivity contribution >= 4 is 56.9 Å². The van der Waals surface area contributed by atoms with Crippen LogP contribution >= 0.6 is 34.9 Å². The molecule has 0 spiro atoms. The molecule has 0 radical (unpaired) electrons. The largest absolute Gasteiger partial charge is 0.344 e. The zero-order chi connectivity index (χ0) is 16.8. The maximum atomic E-state index is 12.3. The second-order valence-electron chi connectivity index (χ2n) is 4.85. The molecule has 2 rings (SSSR count). The molecule has 2 heterocycles. The van der Waals surface area contributed by atoms with E-state index in [2.05, 4.69) is 10.6 Å². The Balaban J connectivity index is 1.92. The first kappa shape index (κ1) is 18.0. The van der Waals surface area contributed by atoms with Gasteiger partial charge in [0.15, 0.2) is 0 Å². The molecule has 23 heavy (non-hydrogen) atoms. The third-order valence-electron chi connectivity index (χ3n) is 3.05. The van der Waals surface area contributed by atoms with Crippen LogP contribution in [0.3, 0.4) is 0 Å². The molecule has 1 aliphatic heterocycles. The highest BCUT2D eigenvalue weighted by Crippen LogP contribution is 2.20. The van der Waals surface area contributed by atoms with Crippen molar-refractivity contribution in [3.05, 3.63) is 22.4 Å². The van der Waals surface area contributed by atoms with Crippen LogP contribution in [0.4, 0.5) is 0 Å². The molecule has 1 unspecified atom stereocenters. The fourth-order valence-electron chi connectivity index (χ4n) is 1.95. The molecule has 1 aromatic heterocycles. The first-order chi connectivity index (χ1) is 11.0. The zero-order valence-corrected chi connectivity index (χ0v) is 14.8. The number of hydrogen-bond donors (Lipinski definition) is 2. The van der Waals surface area contributed by atoms with Crippen LogP contribution in [0, 0.1) is 0 Å². The molecule has 1 fully saturated rings. The maximum Gasteiger partial charge on any atom is 0.244 e. The number of carbonyl (C=O) groups is 4. The van der Waals surface area contributed by atoms with E-state index in [1.165, 1.54) is 30.0 Å². The predicted octanol–water partition coefficient (Wildman–Crippen LogP) is 1.27. The Bertz CT molecular complexity index is 603. The summed E-state index contributed by atoms with van der Waals surface area (Å²) in [6.45, 7) is 1.31. The maximum absolute atomic E-state index is 12.3. The molecule has 6 nitrogen and oxygen atoms in total. The van der Waals surface area contributed by atoms with E-state index >= 15 is 0 Å². The fourth-order valence-corrected chi connectivity index (χ4v) is 4.53. The summed E-state index contributed by atoms with van der Waals surface area (Å²) in [6.07, 6.45) is 0.587. The zero-order valence-electron chi connectivity index (χ0n) is 12.4. The molecule has 1 aliphatic rings. The topological polar surface area (TPSA) is 92.3 Å². The van der Waals surface area contributed by atoms with E-state index in [-0.39, 0.29) is 21.9 Å². The van der Waals surface area contributed by atoms with Gasteiger partial charge >= 0.3 is 0 Å². The lowest BCUT2D eigenvalue weighted by Crippen LogP contribution is -2.51. The predicted molar refractivity (Wildman–Crippen MR) is 92.7 cm³/mol. The molecule has 124 valence electrons. The Morgan fingerprint density at radius 1 is 1.43 bits per heavy atom.